The first kappa shape index (κ1) is 67.3. The van der Waals surface area contributed by atoms with Gasteiger partial charge in [-0.25, -0.2) is 25.2 Å². The van der Waals surface area contributed by atoms with E-state index in [1.807, 2.05) is 36.4 Å². The molecule has 32 nitrogen and oxygen atoms in total. The van der Waals surface area contributed by atoms with Gasteiger partial charge in [0.2, 0.25) is 20.8 Å². The Morgan fingerprint density at radius 2 is 1.24 bits per heavy atom. The molecule has 78 heavy (non-hydrogen) atoms. The lowest BCUT2D eigenvalue weighted by Crippen LogP contribution is -3.16. The lowest BCUT2D eigenvalue weighted by molar-refractivity contribution is -0.919. The molecular formula is C43H69N3O29S3. The van der Waals surface area contributed by atoms with Crippen LogP contribution < -0.4 is 15.1 Å². The number of fused-ring (bicyclic) bond motifs is 1. The summed E-state index contributed by atoms with van der Waals surface area (Å²) in [5.74, 6) is -0.833. The predicted molar refractivity (Wildman–Crippen MR) is 253 cm³/mol. The summed E-state index contributed by atoms with van der Waals surface area (Å²) in [4.78, 5) is 10.0. The summed E-state index contributed by atoms with van der Waals surface area (Å²) >= 11 is 0. The first-order valence-electron chi connectivity index (χ1n) is 23.9. The summed E-state index contributed by atoms with van der Waals surface area (Å²) < 4.78 is 127. The fourth-order valence-corrected chi connectivity index (χ4v) is 10.5. The number of benzene rings is 2. The summed E-state index contributed by atoms with van der Waals surface area (Å²) in [7, 11) is -14.0. The number of β-amino-alcohol motifs (C(OH)–C–C–N with tert-alkyl or cyclic N) is 1. The van der Waals surface area contributed by atoms with Crippen molar-refractivity contribution in [1.29, 1.82) is 0 Å². The molecule has 6 fully saturated rings. The molecule has 35 heteroatoms. The number of ether oxygens (including phenoxy) is 4. The van der Waals surface area contributed by atoms with Crippen molar-refractivity contribution in [2.75, 3.05) is 79.0 Å². The second-order valence-corrected chi connectivity index (χ2v) is 21.5. The molecule has 6 aliphatic heterocycles. The summed E-state index contributed by atoms with van der Waals surface area (Å²) in [5.41, 5.74) is 1.59. The van der Waals surface area contributed by atoms with Crippen LogP contribution in [0.5, 0.6) is 0 Å². The van der Waals surface area contributed by atoms with Crippen molar-refractivity contribution in [2.45, 2.75) is 111 Å². The van der Waals surface area contributed by atoms with Crippen LogP contribution >= 0.6 is 0 Å². The molecule has 0 amide bonds. The molecule has 0 saturated carbocycles. The number of carboxylic acid groups (broad SMARTS) is 1. The number of quaternary nitrogens is 2. The average molecular weight is 1190 g/mol. The molecule has 6 aliphatic rings. The van der Waals surface area contributed by atoms with E-state index in [0.717, 1.165) is 12.5 Å². The van der Waals surface area contributed by atoms with Gasteiger partial charge in [0.25, 0.3) is 5.97 Å². The molecule has 0 spiro atoms. The number of aliphatic hydroxyl groups excluding tert-OH is 11. The summed E-state index contributed by atoms with van der Waals surface area (Å²) in [5, 5.41) is 113. The molecule has 6 heterocycles. The van der Waals surface area contributed by atoms with E-state index in [0.29, 0.717) is 21.9 Å². The molecule has 15 N–H and O–H groups in total. The second-order valence-electron chi connectivity index (χ2n) is 18.3. The minimum absolute atomic E-state index is 0.0196. The van der Waals surface area contributed by atoms with E-state index >= 15 is 0 Å². The molecule has 19 atom stereocenters. The quantitative estimate of drug-likeness (QED) is 0.0582. The summed E-state index contributed by atoms with van der Waals surface area (Å²) in [6, 6.07) is 16.6. The highest BCUT2D eigenvalue weighted by Crippen LogP contribution is 2.31. The maximum absolute atomic E-state index is 11.1. The van der Waals surface area contributed by atoms with E-state index in [-0.39, 0.29) is 65.3 Å². The van der Waals surface area contributed by atoms with E-state index in [1.54, 1.807) is 24.3 Å². The van der Waals surface area contributed by atoms with Crippen LogP contribution in [-0.2, 0) is 71.7 Å². The Labute approximate surface area is 448 Å². The van der Waals surface area contributed by atoms with E-state index in [9.17, 15) is 65.0 Å². The molecule has 6 saturated heterocycles. The number of carboxylic acids is 1. The zero-order chi connectivity index (χ0) is 58.1. The van der Waals surface area contributed by atoms with Crippen molar-refractivity contribution in [2.24, 2.45) is 0 Å². The third-order valence-corrected chi connectivity index (χ3v) is 14.5. The number of hydrogen-bond acceptors (Lipinski definition) is 29. The highest BCUT2D eigenvalue weighted by molar-refractivity contribution is 7.82. The first-order chi connectivity index (χ1) is 36.6. The maximum atomic E-state index is 11.1. The van der Waals surface area contributed by atoms with Crippen molar-refractivity contribution >= 4 is 37.2 Å². The predicted octanol–water partition coefficient (Wildman–Crippen LogP) is -10.4. The van der Waals surface area contributed by atoms with Crippen molar-refractivity contribution in [3.8, 4) is 0 Å². The molecule has 2 aromatic rings. The Hall–Kier alpha value is -3.20. The Kier molecular flexibility index (Phi) is 27.0. The van der Waals surface area contributed by atoms with Gasteiger partial charge in [-0.1, -0.05) is 60.7 Å². The van der Waals surface area contributed by atoms with Crippen LogP contribution in [0.1, 0.15) is 30.6 Å². The van der Waals surface area contributed by atoms with Gasteiger partial charge in [0.1, 0.15) is 99.3 Å². The molecule has 0 aliphatic carbocycles. The van der Waals surface area contributed by atoms with Crippen LogP contribution in [0.15, 0.2) is 60.7 Å². The first-order valence-corrected chi connectivity index (χ1v) is 27.9. The standard InChI is InChI=1S/C16H23NO9S.C11H12O6S.C9H19NO9S.C5H11NO3.C2H4O2/c18-8-11-15(20)12(19)6-17(11)7-13-14(26-27(21,22)23)9-24-16(25-13)10-4-2-1-3-5-10;12-18(13)15-7-9-10(17-18)6-14-11(16-9)8-4-2-1-3-5-8;11-3-5-9(15)7(14)2-10(5)1-6(13)8(4-12)19-20(16,17)18;7-2-3-5(9)4(8)1-6-3;1-2(3)4/h1-5,11-16,18-20H,6-9H2,(H,21,22,23);1-5,9-11H,6-7H2;5-9,11-15H,1-4H2,(H,16,17,18);3-9H,1-2H2;1H3,(H,3,4)/t11-,12-,13-,14+,15-,16?;9-,10?,11?;5-,6-,7-,8+,9-;3-,4-,5-;/m0000./s1. The SMILES string of the molecule is CC(=O)O.O=S(=O)([O-])O[C@@H]1COC(c2ccccc2)O[C@H]1C[NH+]1C[C@H](O)[C@@H](O)[C@@H]1CO.O=S(=O)([O-])O[C@H](CO)[C@@H](O)C[NH+]1C[C@H](O)[C@@H](O)[C@@H]1CO.O=S1(=O)OC[C@@H]2OC(c3ccccc3)OCC2O1.OC[C@@H]1NC[C@H](O)[C@H]1O. The normalized spacial score (nSPS) is 35.1. The largest absolute Gasteiger partial charge is 0.726 e. The van der Waals surface area contributed by atoms with E-state index in [4.69, 9.17) is 58.6 Å². The monoisotopic (exact) mass is 1190 g/mol. The number of carbonyl (C=O) groups is 1. The van der Waals surface area contributed by atoms with Gasteiger partial charge in [-0.15, -0.1) is 0 Å². The van der Waals surface area contributed by atoms with E-state index < -0.39 is 148 Å². The van der Waals surface area contributed by atoms with Gasteiger partial charge >= 0.3 is 10.4 Å². The van der Waals surface area contributed by atoms with Crippen LogP contribution in [0.2, 0.25) is 0 Å². The van der Waals surface area contributed by atoms with Crippen LogP contribution in [0.25, 0.3) is 0 Å². The highest BCUT2D eigenvalue weighted by atomic mass is 32.3. The third kappa shape index (κ3) is 21.3. The lowest BCUT2D eigenvalue weighted by atomic mass is 10.1. The molecule has 8 rings (SSSR count). The zero-order valence-electron chi connectivity index (χ0n) is 41.6. The van der Waals surface area contributed by atoms with Gasteiger partial charge in [-0.2, -0.15) is 8.42 Å². The number of aliphatic carboxylic acids is 1. The third-order valence-electron chi connectivity index (χ3n) is 12.6. The van der Waals surface area contributed by atoms with Crippen molar-refractivity contribution < 1.29 is 146 Å². The minimum Gasteiger partial charge on any atom is -0.726 e. The molecule has 2 aromatic carbocycles. The smallest absolute Gasteiger partial charge is 0.400 e. The van der Waals surface area contributed by atoms with Crippen molar-refractivity contribution in [1.82, 2.24) is 5.32 Å². The second kappa shape index (κ2) is 31.3. The molecule has 5 unspecified atom stereocenters. The molecule has 0 radical (unpaired) electrons. The number of nitrogens with one attached hydrogen (secondary N) is 3. The highest BCUT2D eigenvalue weighted by Gasteiger charge is 2.48. The number of aliphatic hydroxyl groups is 11. The van der Waals surface area contributed by atoms with Gasteiger partial charge in [0.15, 0.2) is 12.6 Å². The van der Waals surface area contributed by atoms with Crippen LogP contribution in [0.3, 0.4) is 0 Å². The fraction of sp³-hybridized carbons (Fsp3) is 0.698. The zero-order valence-corrected chi connectivity index (χ0v) is 44.1. The topological polar surface area (TPSA) is 503 Å². The molecular weight excluding hydrogens is 1120 g/mol. The van der Waals surface area contributed by atoms with Gasteiger partial charge in [-0.3, -0.25) is 13.2 Å². The van der Waals surface area contributed by atoms with Gasteiger partial charge in [0.05, 0.1) is 64.5 Å². The Morgan fingerprint density at radius 3 is 1.71 bits per heavy atom. The lowest BCUT2D eigenvalue weighted by Gasteiger charge is -2.37. The van der Waals surface area contributed by atoms with Gasteiger partial charge in [0, 0.05) is 24.6 Å². The van der Waals surface area contributed by atoms with Crippen LogP contribution in [0.4, 0.5) is 0 Å². The Bertz CT molecular complexity index is 2420. The van der Waals surface area contributed by atoms with Gasteiger partial charge in [-0.05, 0) is 0 Å². The van der Waals surface area contributed by atoms with Crippen LogP contribution in [0, 0.1) is 0 Å². The Balaban J connectivity index is 0.000000230. The summed E-state index contributed by atoms with van der Waals surface area (Å²) in [6.45, 7) is -0.428. The molecule has 0 bridgehead atoms. The molecule has 0 aromatic heterocycles. The van der Waals surface area contributed by atoms with Gasteiger partial charge < -0.3 is 104 Å². The number of hydrogen-bond donors (Lipinski definition) is 15. The van der Waals surface area contributed by atoms with Crippen molar-refractivity contribution in [3.05, 3.63) is 71.8 Å². The minimum atomic E-state index is -5.08. The summed E-state index contributed by atoms with van der Waals surface area (Å²) in [6.07, 6.45) is -13.5. The van der Waals surface area contributed by atoms with Crippen molar-refractivity contribution in [3.63, 3.8) is 0 Å². The maximum Gasteiger partial charge on any atom is 0.400 e. The number of likely N-dealkylation sites (tertiary alicyclic amines) is 2. The van der Waals surface area contributed by atoms with E-state index in [1.165, 1.54) is 0 Å². The van der Waals surface area contributed by atoms with Crippen LogP contribution in [-0.4, -0.2) is 272 Å². The Morgan fingerprint density at radius 1 is 0.731 bits per heavy atom. The molecule has 448 valence electrons. The number of rotatable bonds is 15. The average Bonchev–Trinajstić information content (AvgIpc) is 3.96. The van der Waals surface area contributed by atoms with E-state index in [2.05, 4.69) is 17.9 Å². The fourth-order valence-electron chi connectivity index (χ4n) is 8.73.